The summed E-state index contributed by atoms with van der Waals surface area (Å²) in [5, 5.41) is 3.60. The van der Waals surface area contributed by atoms with Crippen molar-refractivity contribution in [2.24, 2.45) is 11.8 Å². The van der Waals surface area contributed by atoms with Gasteiger partial charge in [-0.2, -0.15) is 0 Å². The molecule has 1 atom stereocenters. The van der Waals surface area contributed by atoms with Gasteiger partial charge in [0.1, 0.15) is 0 Å². The molecule has 1 aliphatic rings. The Balaban J connectivity index is 2.19. The second kappa shape index (κ2) is 7.29. The van der Waals surface area contributed by atoms with Crippen LogP contribution in [0.15, 0.2) is 0 Å². The van der Waals surface area contributed by atoms with Gasteiger partial charge in [-0.3, -0.25) is 0 Å². The molecule has 2 heteroatoms. The Morgan fingerprint density at radius 1 is 1.25 bits per heavy atom. The van der Waals surface area contributed by atoms with E-state index in [4.69, 9.17) is 0 Å². The number of likely N-dealkylation sites (tertiary alicyclic amines) is 1. The minimum absolute atomic E-state index is 0.775. The van der Waals surface area contributed by atoms with Crippen molar-refractivity contribution in [3.05, 3.63) is 0 Å². The molecule has 1 fully saturated rings. The maximum atomic E-state index is 3.60. The van der Waals surface area contributed by atoms with Crippen molar-refractivity contribution >= 4 is 0 Å². The topological polar surface area (TPSA) is 15.3 Å². The Morgan fingerprint density at radius 2 is 1.94 bits per heavy atom. The van der Waals surface area contributed by atoms with Gasteiger partial charge in [-0.25, -0.2) is 0 Å². The summed E-state index contributed by atoms with van der Waals surface area (Å²) < 4.78 is 0. The molecule has 16 heavy (non-hydrogen) atoms. The molecule has 0 saturated carbocycles. The lowest BCUT2D eigenvalue weighted by Gasteiger charge is -2.25. The van der Waals surface area contributed by atoms with Crippen LogP contribution in [0.25, 0.3) is 0 Å². The van der Waals surface area contributed by atoms with Crippen LogP contribution in [0.1, 0.15) is 47.0 Å². The van der Waals surface area contributed by atoms with E-state index in [1.165, 1.54) is 45.4 Å². The lowest BCUT2D eigenvalue weighted by Crippen LogP contribution is -2.34. The second-order valence-corrected chi connectivity index (χ2v) is 5.67. The summed E-state index contributed by atoms with van der Waals surface area (Å²) in [6.45, 7) is 14.2. The summed E-state index contributed by atoms with van der Waals surface area (Å²) in [6, 6.07) is 0.829. The van der Waals surface area contributed by atoms with E-state index < -0.39 is 0 Å². The molecule has 0 bridgehead atoms. The van der Waals surface area contributed by atoms with E-state index in [0.29, 0.717) is 0 Å². The highest BCUT2D eigenvalue weighted by atomic mass is 15.2. The molecule has 1 unspecified atom stereocenters. The first-order valence-electron chi connectivity index (χ1n) is 7.12. The molecule has 0 radical (unpaired) electrons. The highest BCUT2D eigenvalue weighted by Gasteiger charge is 2.25. The predicted molar refractivity (Wildman–Crippen MR) is 71.8 cm³/mol. The van der Waals surface area contributed by atoms with Crippen molar-refractivity contribution in [2.75, 3.05) is 26.2 Å². The van der Waals surface area contributed by atoms with Crippen LogP contribution in [0.3, 0.4) is 0 Å². The number of nitrogens with zero attached hydrogens (tertiary/aromatic N) is 1. The van der Waals surface area contributed by atoms with E-state index in [9.17, 15) is 0 Å². The summed E-state index contributed by atoms with van der Waals surface area (Å²) in [7, 11) is 0. The normalized spacial score (nSPS) is 22.5. The molecule has 0 aromatic rings. The Labute approximate surface area is 102 Å². The predicted octanol–water partition coefficient (Wildman–Crippen LogP) is 2.74. The number of nitrogens with one attached hydrogen (secondary N) is 1. The highest BCUT2D eigenvalue weighted by molar-refractivity contribution is 4.81. The monoisotopic (exact) mass is 226 g/mol. The molecule has 0 spiro atoms. The molecule has 1 aliphatic heterocycles. The van der Waals surface area contributed by atoms with E-state index in [-0.39, 0.29) is 0 Å². The summed E-state index contributed by atoms with van der Waals surface area (Å²) in [4.78, 5) is 2.70. The minimum atomic E-state index is 0.775. The fourth-order valence-corrected chi connectivity index (χ4v) is 2.74. The zero-order chi connectivity index (χ0) is 12.0. The third kappa shape index (κ3) is 4.42. The molecule has 2 nitrogen and oxygen atoms in total. The van der Waals surface area contributed by atoms with Crippen LogP contribution >= 0.6 is 0 Å². The maximum Gasteiger partial charge on any atom is 0.00901 e. The largest absolute Gasteiger partial charge is 0.316 e. The molecule has 1 heterocycles. The van der Waals surface area contributed by atoms with Gasteiger partial charge >= 0.3 is 0 Å². The van der Waals surface area contributed by atoms with Gasteiger partial charge in [0.25, 0.3) is 0 Å². The first kappa shape index (κ1) is 14.0. The zero-order valence-corrected chi connectivity index (χ0v) is 11.6. The highest BCUT2D eigenvalue weighted by Crippen LogP contribution is 2.20. The third-order valence-electron chi connectivity index (χ3n) is 3.76. The van der Waals surface area contributed by atoms with Crippen molar-refractivity contribution in [3.8, 4) is 0 Å². The van der Waals surface area contributed by atoms with Gasteiger partial charge in [0.2, 0.25) is 0 Å². The van der Waals surface area contributed by atoms with Crippen molar-refractivity contribution in [3.63, 3.8) is 0 Å². The van der Waals surface area contributed by atoms with Crippen molar-refractivity contribution in [1.29, 1.82) is 0 Å². The molecule has 1 rings (SSSR count). The molecule has 1 saturated heterocycles. The van der Waals surface area contributed by atoms with Crippen LogP contribution in [-0.2, 0) is 0 Å². The average Bonchev–Trinajstić information content (AvgIpc) is 2.68. The maximum absolute atomic E-state index is 3.60. The standard InChI is InChI=1S/C14H30N2/c1-5-14(6-2)16-8-7-13(11-16)10-15-9-12(3)4/h12-15H,5-11H2,1-4H3. The van der Waals surface area contributed by atoms with Gasteiger partial charge in [-0.05, 0) is 50.7 Å². The van der Waals surface area contributed by atoms with E-state index in [1.807, 2.05) is 0 Å². The molecule has 0 aromatic carbocycles. The number of hydrogen-bond donors (Lipinski definition) is 1. The SMILES string of the molecule is CCC(CC)N1CCC(CNCC(C)C)C1. The van der Waals surface area contributed by atoms with Gasteiger partial charge in [0.15, 0.2) is 0 Å². The number of hydrogen-bond acceptors (Lipinski definition) is 2. The Hall–Kier alpha value is -0.0800. The first-order valence-corrected chi connectivity index (χ1v) is 7.12. The van der Waals surface area contributed by atoms with Gasteiger partial charge in [0, 0.05) is 12.6 Å². The van der Waals surface area contributed by atoms with Gasteiger partial charge in [-0.1, -0.05) is 27.7 Å². The summed E-state index contributed by atoms with van der Waals surface area (Å²) in [5.74, 6) is 1.66. The van der Waals surface area contributed by atoms with Crippen LogP contribution in [0, 0.1) is 11.8 Å². The summed E-state index contributed by atoms with van der Waals surface area (Å²) >= 11 is 0. The molecule has 96 valence electrons. The Bertz CT molecular complexity index is 176. The molecule has 0 aliphatic carbocycles. The van der Waals surface area contributed by atoms with Gasteiger partial charge < -0.3 is 10.2 Å². The zero-order valence-electron chi connectivity index (χ0n) is 11.6. The Morgan fingerprint density at radius 3 is 2.50 bits per heavy atom. The summed E-state index contributed by atoms with van der Waals surface area (Å²) in [6.07, 6.45) is 4.01. The molecule has 0 amide bonds. The minimum Gasteiger partial charge on any atom is -0.316 e. The van der Waals surface area contributed by atoms with Crippen LogP contribution in [0.5, 0.6) is 0 Å². The van der Waals surface area contributed by atoms with Crippen molar-refractivity contribution < 1.29 is 0 Å². The molecule has 1 N–H and O–H groups in total. The van der Waals surface area contributed by atoms with E-state index in [0.717, 1.165) is 17.9 Å². The smallest absolute Gasteiger partial charge is 0.00901 e. The van der Waals surface area contributed by atoms with E-state index in [1.54, 1.807) is 0 Å². The number of rotatable bonds is 7. The van der Waals surface area contributed by atoms with Gasteiger partial charge in [0.05, 0.1) is 0 Å². The molecular formula is C14H30N2. The Kier molecular flexibility index (Phi) is 6.37. The average molecular weight is 226 g/mol. The van der Waals surface area contributed by atoms with Crippen LogP contribution in [0.4, 0.5) is 0 Å². The van der Waals surface area contributed by atoms with Crippen LogP contribution in [-0.4, -0.2) is 37.1 Å². The van der Waals surface area contributed by atoms with E-state index in [2.05, 4.69) is 37.9 Å². The molecule has 0 aromatic heterocycles. The quantitative estimate of drug-likeness (QED) is 0.718. The van der Waals surface area contributed by atoms with Crippen molar-refractivity contribution in [2.45, 2.75) is 53.0 Å². The van der Waals surface area contributed by atoms with Crippen molar-refractivity contribution in [1.82, 2.24) is 10.2 Å². The first-order chi connectivity index (χ1) is 7.67. The lowest BCUT2D eigenvalue weighted by atomic mass is 10.1. The van der Waals surface area contributed by atoms with E-state index >= 15 is 0 Å². The third-order valence-corrected chi connectivity index (χ3v) is 3.76. The van der Waals surface area contributed by atoms with Crippen LogP contribution < -0.4 is 5.32 Å². The van der Waals surface area contributed by atoms with Crippen LogP contribution in [0.2, 0.25) is 0 Å². The van der Waals surface area contributed by atoms with Gasteiger partial charge in [-0.15, -0.1) is 0 Å². The summed E-state index contributed by atoms with van der Waals surface area (Å²) in [5.41, 5.74) is 0. The lowest BCUT2D eigenvalue weighted by molar-refractivity contribution is 0.221. The second-order valence-electron chi connectivity index (χ2n) is 5.67. The fraction of sp³-hybridized carbons (Fsp3) is 1.00. The fourth-order valence-electron chi connectivity index (χ4n) is 2.74. The molecular weight excluding hydrogens is 196 g/mol.